The maximum atomic E-state index is 10.2. The molecule has 0 aliphatic carbocycles. The van der Waals surface area contributed by atoms with Gasteiger partial charge in [0.25, 0.3) is 5.69 Å². The third-order valence-electron chi connectivity index (χ3n) is 1.43. The summed E-state index contributed by atoms with van der Waals surface area (Å²) in [6, 6.07) is 7.92. The lowest BCUT2D eigenvalue weighted by atomic mass is 10.2. The van der Waals surface area contributed by atoms with Gasteiger partial charge in [0.1, 0.15) is 0 Å². The van der Waals surface area contributed by atoms with Crippen LogP contribution in [0, 0.1) is 21.4 Å². The van der Waals surface area contributed by atoms with Gasteiger partial charge in [-0.1, -0.05) is 12.1 Å². The molecule has 0 unspecified atom stereocenters. The molecule has 0 aliphatic heterocycles. The normalized spacial score (nSPS) is 8.92. The number of non-ortho nitro benzene ring substituents is 1. The monoisotopic (exact) mass is 163 g/mol. The summed E-state index contributed by atoms with van der Waals surface area (Å²) in [5.74, 6) is 0. The predicted molar refractivity (Wildman–Crippen MR) is 42.4 cm³/mol. The van der Waals surface area contributed by atoms with Gasteiger partial charge in [-0.05, 0) is 5.56 Å². The fourth-order valence-corrected chi connectivity index (χ4v) is 0.827. The van der Waals surface area contributed by atoms with Crippen LogP contribution in [0.4, 0.5) is 5.69 Å². The van der Waals surface area contributed by atoms with Crippen molar-refractivity contribution in [2.75, 3.05) is 0 Å². The summed E-state index contributed by atoms with van der Waals surface area (Å²) in [6.07, 6.45) is 0.290. The van der Waals surface area contributed by atoms with Crippen LogP contribution in [0.3, 0.4) is 0 Å². The molecule has 0 aliphatic rings. The number of nitro groups is 1. The van der Waals surface area contributed by atoms with Crippen LogP contribution in [0.25, 0.3) is 0 Å². The molecule has 1 aromatic carbocycles. The number of hydrogen-bond acceptors (Lipinski definition) is 3. The number of benzene rings is 1. The van der Waals surface area contributed by atoms with E-state index in [0.717, 1.165) is 5.56 Å². The van der Waals surface area contributed by atoms with Crippen LogP contribution >= 0.6 is 0 Å². The summed E-state index contributed by atoms with van der Waals surface area (Å²) >= 11 is 0. The van der Waals surface area contributed by atoms with E-state index in [1.165, 1.54) is 12.1 Å². The minimum Gasteiger partial charge on any atom is -0.258 e. The summed E-state index contributed by atoms with van der Waals surface area (Å²) in [6.45, 7) is 0. The Bertz CT molecular complexity index is 324. The van der Waals surface area contributed by atoms with Crippen molar-refractivity contribution >= 4 is 5.69 Å². The Labute approximate surface area is 69.2 Å². The Kier molecular flexibility index (Phi) is 2.38. The molecular weight excluding hydrogens is 157 g/mol. The standard InChI is InChI=1S/C8H6N2O2/c9-6-5-7-1-3-8(4-2-7)10(11)12/h1-4H,5H2/i6+1. The molecule has 0 atom stereocenters. The fraction of sp³-hybridized carbons (Fsp3) is 0.125. The smallest absolute Gasteiger partial charge is 0.258 e. The molecule has 0 aromatic heterocycles. The lowest BCUT2D eigenvalue weighted by Crippen LogP contribution is -1.88. The number of nitrogens with zero attached hydrogens (tertiary/aromatic N) is 2. The van der Waals surface area contributed by atoms with E-state index < -0.39 is 4.92 Å². The second-order valence-electron chi connectivity index (χ2n) is 2.26. The van der Waals surface area contributed by atoms with Crippen molar-refractivity contribution in [3.63, 3.8) is 0 Å². The van der Waals surface area contributed by atoms with Crippen LogP contribution in [-0.2, 0) is 6.42 Å². The molecule has 0 heterocycles. The predicted octanol–water partition coefficient (Wildman–Crippen LogP) is 1.66. The maximum absolute atomic E-state index is 10.2. The van der Waals surface area contributed by atoms with Crippen molar-refractivity contribution in [2.24, 2.45) is 0 Å². The molecule has 0 amide bonds. The minimum atomic E-state index is -0.462. The van der Waals surface area contributed by atoms with Crippen LogP contribution in [0.5, 0.6) is 0 Å². The lowest BCUT2D eigenvalue weighted by molar-refractivity contribution is -0.384. The van der Waals surface area contributed by atoms with E-state index in [0.29, 0.717) is 0 Å². The zero-order chi connectivity index (χ0) is 8.97. The van der Waals surface area contributed by atoms with Gasteiger partial charge in [0, 0.05) is 12.1 Å². The minimum absolute atomic E-state index is 0.0525. The van der Waals surface area contributed by atoms with Gasteiger partial charge in [0.05, 0.1) is 17.4 Å². The van der Waals surface area contributed by atoms with Crippen molar-refractivity contribution in [1.29, 1.82) is 5.26 Å². The van der Waals surface area contributed by atoms with Crippen LogP contribution in [0.1, 0.15) is 5.56 Å². The van der Waals surface area contributed by atoms with E-state index in [9.17, 15) is 10.1 Å². The second-order valence-corrected chi connectivity index (χ2v) is 2.26. The molecular formula is C8H6N2O2. The summed E-state index contributed by atoms with van der Waals surface area (Å²) in [5, 5.41) is 18.5. The molecule has 0 fully saturated rings. The number of nitriles is 1. The molecule has 1 aromatic rings. The first-order valence-electron chi connectivity index (χ1n) is 3.34. The average Bonchev–Trinajstić information content (AvgIpc) is 2.06. The zero-order valence-electron chi connectivity index (χ0n) is 6.23. The first-order valence-corrected chi connectivity index (χ1v) is 3.34. The number of nitro benzene ring substituents is 1. The van der Waals surface area contributed by atoms with E-state index in [1.807, 2.05) is 6.07 Å². The summed E-state index contributed by atoms with van der Waals surface area (Å²) in [7, 11) is 0. The number of hydrogen-bond donors (Lipinski definition) is 0. The van der Waals surface area contributed by atoms with E-state index in [-0.39, 0.29) is 12.1 Å². The summed E-state index contributed by atoms with van der Waals surface area (Å²) in [4.78, 5) is 9.75. The Hall–Kier alpha value is -1.89. The number of rotatable bonds is 2. The second kappa shape index (κ2) is 3.49. The van der Waals surface area contributed by atoms with Gasteiger partial charge in [-0.15, -0.1) is 0 Å². The van der Waals surface area contributed by atoms with Gasteiger partial charge >= 0.3 is 0 Å². The molecule has 1 rings (SSSR count). The lowest BCUT2D eigenvalue weighted by Gasteiger charge is -1.92. The van der Waals surface area contributed by atoms with Crippen LogP contribution in [0.2, 0.25) is 0 Å². The van der Waals surface area contributed by atoms with E-state index >= 15 is 0 Å². The van der Waals surface area contributed by atoms with E-state index in [2.05, 4.69) is 0 Å². The Balaban J connectivity index is 2.87. The molecule has 0 saturated carbocycles. The Morgan fingerprint density at radius 3 is 2.42 bits per heavy atom. The quantitative estimate of drug-likeness (QED) is 0.378. The highest BCUT2D eigenvalue weighted by molar-refractivity contribution is 5.33. The van der Waals surface area contributed by atoms with Crippen molar-refractivity contribution in [3.05, 3.63) is 39.9 Å². The first-order chi connectivity index (χ1) is 5.74. The largest absolute Gasteiger partial charge is 0.269 e. The molecule has 4 heteroatoms. The molecule has 60 valence electrons. The highest BCUT2D eigenvalue weighted by atomic mass is 16.6. The van der Waals surface area contributed by atoms with Crippen molar-refractivity contribution in [2.45, 2.75) is 6.42 Å². The molecule has 0 N–H and O–H groups in total. The third kappa shape index (κ3) is 1.80. The maximum Gasteiger partial charge on any atom is 0.269 e. The van der Waals surface area contributed by atoms with Gasteiger partial charge in [-0.3, -0.25) is 10.1 Å². The third-order valence-corrected chi connectivity index (χ3v) is 1.43. The van der Waals surface area contributed by atoms with Gasteiger partial charge in [0.15, 0.2) is 0 Å². The van der Waals surface area contributed by atoms with Crippen molar-refractivity contribution in [1.82, 2.24) is 0 Å². The summed E-state index contributed by atoms with van der Waals surface area (Å²) in [5.41, 5.74) is 0.847. The van der Waals surface area contributed by atoms with E-state index in [4.69, 9.17) is 5.26 Å². The zero-order valence-corrected chi connectivity index (χ0v) is 6.23. The molecule has 0 saturated heterocycles. The van der Waals surface area contributed by atoms with Crippen LogP contribution in [0.15, 0.2) is 24.3 Å². The molecule has 0 radical (unpaired) electrons. The Morgan fingerprint density at radius 1 is 1.42 bits per heavy atom. The highest BCUT2D eigenvalue weighted by Crippen LogP contribution is 2.11. The van der Waals surface area contributed by atoms with Crippen molar-refractivity contribution < 1.29 is 4.92 Å². The van der Waals surface area contributed by atoms with Crippen molar-refractivity contribution in [3.8, 4) is 6.07 Å². The average molecular weight is 163 g/mol. The fourth-order valence-electron chi connectivity index (χ4n) is 0.827. The van der Waals surface area contributed by atoms with Crippen LogP contribution in [-0.4, -0.2) is 4.92 Å². The summed E-state index contributed by atoms with van der Waals surface area (Å²) < 4.78 is 0. The Morgan fingerprint density at radius 2 is 2.00 bits per heavy atom. The SMILES string of the molecule is N#[13C]Cc1ccc([N+](=O)[O-])cc1. The first kappa shape index (κ1) is 8.21. The topological polar surface area (TPSA) is 66.9 Å². The van der Waals surface area contributed by atoms with Gasteiger partial charge in [-0.25, -0.2) is 0 Å². The van der Waals surface area contributed by atoms with Gasteiger partial charge in [0.2, 0.25) is 0 Å². The molecule has 4 nitrogen and oxygen atoms in total. The highest BCUT2D eigenvalue weighted by Gasteiger charge is 2.02. The van der Waals surface area contributed by atoms with Gasteiger partial charge in [-0.2, -0.15) is 5.26 Å². The van der Waals surface area contributed by atoms with Gasteiger partial charge < -0.3 is 0 Å². The van der Waals surface area contributed by atoms with Crippen LogP contribution < -0.4 is 0 Å². The molecule has 12 heavy (non-hydrogen) atoms. The molecule has 0 spiro atoms. The molecule has 0 bridgehead atoms. The van der Waals surface area contributed by atoms with E-state index in [1.54, 1.807) is 12.1 Å².